The lowest BCUT2D eigenvalue weighted by molar-refractivity contribution is -0.162. The molecular formula is C12H14ClF3N2O2. The van der Waals surface area contributed by atoms with Gasteiger partial charge in [-0.15, -0.1) is 0 Å². The number of nitrogens with two attached hydrogens (primary N) is 1. The Morgan fingerprint density at radius 3 is 2.30 bits per heavy atom. The monoisotopic (exact) mass is 310 g/mol. The summed E-state index contributed by atoms with van der Waals surface area (Å²) in [5.41, 5.74) is 6.41. The van der Waals surface area contributed by atoms with Crippen LogP contribution in [0.2, 0.25) is 5.02 Å². The number of amidine groups is 1. The van der Waals surface area contributed by atoms with Crippen LogP contribution in [0.25, 0.3) is 0 Å². The van der Waals surface area contributed by atoms with Crippen LogP contribution in [0.1, 0.15) is 11.1 Å². The van der Waals surface area contributed by atoms with Gasteiger partial charge in [0.1, 0.15) is 18.3 Å². The molecule has 8 heteroatoms. The standard InChI is InChI=1S/C12H14ClF3N2O2/c1-6-3-8(4-7(2)10(6)13)20-5-9(11(17)18-19)12(14,15)16/h3-4,9,19H,5H2,1-2H3,(H2,17,18). The normalized spacial score (nSPS) is 14.2. The molecule has 0 aliphatic carbocycles. The Hall–Kier alpha value is -1.63. The van der Waals surface area contributed by atoms with E-state index >= 15 is 0 Å². The molecule has 0 spiro atoms. The van der Waals surface area contributed by atoms with Crippen molar-refractivity contribution in [2.75, 3.05) is 6.61 Å². The molecule has 0 saturated heterocycles. The summed E-state index contributed by atoms with van der Waals surface area (Å²) >= 11 is 5.95. The fraction of sp³-hybridized carbons (Fsp3) is 0.417. The van der Waals surface area contributed by atoms with Crippen molar-refractivity contribution in [1.29, 1.82) is 0 Å². The van der Waals surface area contributed by atoms with Crippen LogP contribution in [0.3, 0.4) is 0 Å². The van der Waals surface area contributed by atoms with Crippen molar-refractivity contribution in [1.82, 2.24) is 0 Å². The Morgan fingerprint density at radius 2 is 1.90 bits per heavy atom. The summed E-state index contributed by atoms with van der Waals surface area (Å²) in [6.07, 6.45) is -4.66. The van der Waals surface area contributed by atoms with E-state index in [1.165, 1.54) is 12.1 Å². The topological polar surface area (TPSA) is 67.8 Å². The number of alkyl halides is 3. The maximum absolute atomic E-state index is 12.7. The lowest BCUT2D eigenvalue weighted by Crippen LogP contribution is -2.40. The number of benzene rings is 1. The average molecular weight is 311 g/mol. The third-order valence-corrected chi connectivity index (χ3v) is 3.29. The summed E-state index contributed by atoms with van der Waals surface area (Å²) in [6, 6.07) is 3.05. The molecular weight excluding hydrogens is 297 g/mol. The second-order valence-corrected chi connectivity index (χ2v) is 4.68. The molecule has 112 valence electrons. The molecule has 0 aliphatic heterocycles. The third kappa shape index (κ3) is 3.93. The SMILES string of the molecule is Cc1cc(OCC(/C(N)=N/O)C(F)(F)F)cc(C)c1Cl. The lowest BCUT2D eigenvalue weighted by atomic mass is 10.1. The highest BCUT2D eigenvalue weighted by atomic mass is 35.5. The first kappa shape index (κ1) is 16.4. The predicted molar refractivity (Wildman–Crippen MR) is 69.4 cm³/mol. The summed E-state index contributed by atoms with van der Waals surface area (Å²) in [5, 5.41) is 11.3. The largest absolute Gasteiger partial charge is 0.492 e. The minimum atomic E-state index is -4.66. The fourth-order valence-electron chi connectivity index (χ4n) is 1.59. The highest BCUT2D eigenvalue weighted by Gasteiger charge is 2.43. The molecule has 0 heterocycles. The summed E-state index contributed by atoms with van der Waals surface area (Å²) in [7, 11) is 0. The number of nitrogens with zero attached hydrogens (tertiary/aromatic N) is 1. The molecule has 1 rings (SSSR count). The van der Waals surface area contributed by atoms with Crippen LogP contribution >= 0.6 is 11.6 Å². The molecule has 1 aromatic rings. The molecule has 0 bridgehead atoms. The quantitative estimate of drug-likeness (QED) is 0.388. The van der Waals surface area contributed by atoms with Gasteiger partial charge in [-0.1, -0.05) is 16.8 Å². The van der Waals surface area contributed by atoms with Crippen molar-refractivity contribution < 1.29 is 23.1 Å². The van der Waals surface area contributed by atoms with E-state index in [0.29, 0.717) is 16.1 Å². The van der Waals surface area contributed by atoms with Gasteiger partial charge in [-0.25, -0.2) is 0 Å². The number of oxime groups is 1. The first-order valence-corrected chi connectivity index (χ1v) is 5.98. The van der Waals surface area contributed by atoms with E-state index in [9.17, 15) is 13.2 Å². The Balaban J connectivity index is 2.89. The first-order valence-electron chi connectivity index (χ1n) is 5.60. The zero-order valence-electron chi connectivity index (χ0n) is 10.8. The van der Waals surface area contributed by atoms with E-state index in [-0.39, 0.29) is 5.75 Å². The maximum Gasteiger partial charge on any atom is 0.402 e. The molecule has 0 aliphatic rings. The summed E-state index contributed by atoms with van der Waals surface area (Å²) in [6.45, 7) is 2.65. The predicted octanol–water partition coefficient (Wildman–Crippen LogP) is 3.26. The van der Waals surface area contributed by atoms with Gasteiger partial charge in [-0.2, -0.15) is 13.2 Å². The van der Waals surface area contributed by atoms with Crippen molar-refractivity contribution in [3.8, 4) is 5.75 Å². The number of halogens is 4. The van der Waals surface area contributed by atoms with Gasteiger partial charge >= 0.3 is 6.18 Å². The molecule has 3 N–H and O–H groups in total. The van der Waals surface area contributed by atoms with Crippen LogP contribution in [0.5, 0.6) is 5.75 Å². The van der Waals surface area contributed by atoms with E-state index in [1.54, 1.807) is 13.8 Å². The third-order valence-electron chi connectivity index (χ3n) is 2.69. The number of ether oxygens (including phenoxy) is 1. The van der Waals surface area contributed by atoms with Gasteiger partial charge < -0.3 is 15.7 Å². The van der Waals surface area contributed by atoms with Gasteiger partial charge in [-0.3, -0.25) is 0 Å². The van der Waals surface area contributed by atoms with Crippen LogP contribution in [-0.4, -0.2) is 23.8 Å². The molecule has 0 fully saturated rings. The van der Waals surface area contributed by atoms with Gasteiger partial charge in [0.05, 0.1) is 0 Å². The number of rotatable bonds is 4. The highest BCUT2D eigenvalue weighted by Crippen LogP contribution is 2.29. The molecule has 0 saturated carbocycles. The number of hydrogen-bond donors (Lipinski definition) is 2. The van der Waals surface area contributed by atoms with E-state index in [0.717, 1.165) is 0 Å². The van der Waals surface area contributed by atoms with Crippen LogP contribution in [-0.2, 0) is 0 Å². The summed E-state index contributed by atoms with van der Waals surface area (Å²) in [4.78, 5) is 0. The maximum atomic E-state index is 12.7. The average Bonchev–Trinajstić information content (AvgIpc) is 2.34. The van der Waals surface area contributed by atoms with Crippen LogP contribution in [0, 0.1) is 19.8 Å². The first-order chi connectivity index (χ1) is 9.16. The van der Waals surface area contributed by atoms with Gasteiger partial charge in [0.2, 0.25) is 0 Å². The molecule has 0 aromatic heterocycles. The van der Waals surface area contributed by atoms with Crippen molar-refractivity contribution in [2.24, 2.45) is 16.8 Å². The molecule has 0 amide bonds. The minimum absolute atomic E-state index is 0.240. The Morgan fingerprint density at radius 1 is 1.40 bits per heavy atom. The van der Waals surface area contributed by atoms with Crippen LogP contribution in [0.15, 0.2) is 17.3 Å². The molecule has 4 nitrogen and oxygen atoms in total. The molecule has 0 radical (unpaired) electrons. The van der Waals surface area contributed by atoms with Gasteiger partial charge in [0.15, 0.2) is 5.84 Å². The molecule has 1 unspecified atom stereocenters. The van der Waals surface area contributed by atoms with Gasteiger partial charge in [0.25, 0.3) is 0 Å². The van der Waals surface area contributed by atoms with Crippen LogP contribution in [0.4, 0.5) is 13.2 Å². The summed E-state index contributed by atoms with van der Waals surface area (Å²) in [5.74, 6) is -2.88. The second kappa shape index (κ2) is 6.21. The second-order valence-electron chi connectivity index (χ2n) is 4.30. The highest BCUT2D eigenvalue weighted by molar-refractivity contribution is 6.32. The van der Waals surface area contributed by atoms with Gasteiger partial charge in [-0.05, 0) is 37.1 Å². The van der Waals surface area contributed by atoms with E-state index in [2.05, 4.69) is 5.16 Å². The van der Waals surface area contributed by atoms with E-state index < -0.39 is 24.5 Å². The minimum Gasteiger partial charge on any atom is -0.492 e. The summed E-state index contributed by atoms with van der Waals surface area (Å²) < 4.78 is 43.2. The Labute approximate surface area is 119 Å². The lowest BCUT2D eigenvalue weighted by Gasteiger charge is -2.19. The number of aryl methyl sites for hydroxylation is 2. The number of hydrogen-bond acceptors (Lipinski definition) is 3. The molecule has 20 heavy (non-hydrogen) atoms. The van der Waals surface area contributed by atoms with Crippen LogP contribution < -0.4 is 10.5 Å². The zero-order valence-corrected chi connectivity index (χ0v) is 11.6. The van der Waals surface area contributed by atoms with Gasteiger partial charge in [0, 0.05) is 5.02 Å². The zero-order chi connectivity index (χ0) is 15.5. The fourth-order valence-corrected chi connectivity index (χ4v) is 1.70. The molecule has 1 aromatic carbocycles. The van der Waals surface area contributed by atoms with Crippen molar-refractivity contribution >= 4 is 17.4 Å². The van der Waals surface area contributed by atoms with Crippen molar-refractivity contribution in [3.05, 3.63) is 28.3 Å². The van der Waals surface area contributed by atoms with Crippen molar-refractivity contribution in [3.63, 3.8) is 0 Å². The smallest absolute Gasteiger partial charge is 0.402 e. The Kier molecular flexibility index (Phi) is 5.10. The van der Waals surface area contributed by atoms with Crippen molar-refractivity contribution in [2.45, 2.75) is 20.0 Å². The van der Waals surface area contributed by atoms with E-state index in [1.807, 2.05) is 0 Å². The molecule has 1 atom stereocenters. The Bertz CT molecular complexity index is 495. The van der Waals surface area contributed by atoms with E-state index in [4.69, 9.17) is 27.3 Å².